The number of methoxy groups -OCH3 is 1. The average molecular weight is 401 g/mol. The molecular weight excluding hydrogens is 388 g/mol. The van der Waals surface area contributed by atoms with Crippen molar-refractivity contribution in [2.75, 3.05) is 12.0 Å². The van der Waals surface area contributed by atoms with Gasteiger partial charge in [-0.1, -0.05) is 18.2 Å². The number of pyridine rings is 1. The van der Waals surface area contributed by atoms with Crippen LogP contribution in [0.25, 0.3) is 6.08 Å². The first kappa shape index (κ1) is 17.0. The molecule has 6 nitrogen and oxygen atoms in total. The molecule has 0 N–H and O–H groups in total. The largest absolute Gasteiger partial charge is 0.465 e. The molecule has 0 aliphatic carbocycles. The van der Waals surface area contributed by atoms with Crippen molar-refractivity contribution in [3.63, 3.8) is 0 Å². The molecule has 7 heteroatoms. The lowest BCUT2D eigenvalue weighted by Gasteiger charge is -2.16. The summed E-state index contributed by atoms with van der Waals surface area (Å²) in [7, 11) is 1.25. The summed E-state index contributed by atoms with van der Waals surface area (Å²) in [6.07, 6.45) is 1.52. The fraction of sp³-hybridized carbons (Fsp3) is 0.111. The maximum atomic E-state index is 12.7. The molecule has 2 heterocycles. The maximum absolute atomic E-state index is 12.7. The number of para-hydroxylation sites is 1. The monoisotopic (exact) mass is 400 g/mol. The third kappa shape index (κ3) is 3.36. The van der Waals surface area contributed by atoms with Gasteiger partial charge in [0.15, 0.2) is 0 Å². The Labute approximate surface area is 152 Å². The summed E-state index contributed by atoms with van der Waals surface area (Å²) in [5, 5.41) is 0. The van der Waals surface area contributed by atoms with Gasteiger partial charge in [0, 0.05) is 5.57 Å². The second-order valence-corrected chi connectivity index (χ2v) is 6.09. The lowest BCUT2D eigenvalue weighted by atomic mass is 10.1. The number of amides is 2. The van der Waals surface area contributed by atoms with E-state index in [1.54, 1.807) is 42.5 Å². The summed E-state index contributed by atoms with van der Waals surface area (Å²) < 4.78 is 5.36. The van der Waals surface area contributed by atoms with Gasteiger partial charge in [-0.2, -0.15) is 0 Å². The van der Waals surface area contributed by atoms with Crippen LogP contribution in [0.15, 0.2) is 52.6 Å². The maximum Gasteiger partial charge on any atom is 0.339 e. The van der Waals surface area contributed by atoms with Crippen LogP contribution in [0, 0.1) is 0 Å². The molecule has 1 saturated heterocycles. The topological polar surface area (TPSA) is 76.6 Å². The Morgan fingerprint density at radius 3 is 2.68 bits per heavy atom. The standard InChI is InChI=1S/C18H13BrN2O4/c1-25-18(24)13-6-2-3-7-14(13)21-16(22)10-11(17(21)23)9-12-5-4-8-15(19)20-12/h2-9H,10H2,1H3/b11-9+. The minimum absolute atomic E-state index is 0.0530. The predicted octanol–water partition coefficient (Wildman–Crippen LogP) is 2.98. The van der Waals surface area contributed by atoms with E-state index in [2.05, 4.69) is 20.9 Å². The molecule has 25 heavy (non-hydrogen) atoms. The van der Waals surface area contributed by atoms with E-state index in [1.165, 1.54) is 13.2 Å². The average Bonchev–Trinajstić information content (AvgIpc) is 2.88. The van der Waals surface area contributed by atoms with Gasteiger partial charge in [-0.25, -0.2) is 14.7 Å². The number of hydrogen-bond acceptors (Lipinski definition) is 5. The number of hydrogen-bond donors (Lipinski definition) is 0. The zero-order valence-corrected chi connectivity index (χ0v) is 14.8. The van der Waals surface area contributed by atoms with Crippen LogP contribution in [0.1, 0.15) is 22.5 Å². The van der Waals surface area contributed by atoms with E-state index in [0.717, 1.165) is 4.90 Å². The zero-order chi connectivity index (χ0) is 18.0. The van der Waals surface area contributed by atoms with E-state index in [9.17, 15) is 14.4 Å². The fourth-order valence-electron chi connectivity index (χ4n) is 2.57. The highest BCUT2D eigenvalue weighted by atomic mass is 79.9. The summed E-state index contributed by atoms with van der Waals surface area (Å²) >= 11 is 3.27. The summed E-state index contributed by atoms with van der Waals surface area (Å²) in [4.78, 5) is 42.3. The van der Waals surface area contributed by atoms with Crippen molar-refractivity contribution in [2.24, 2.45) is 0 Å². The molecule has 0 saturated carbocycles. The van der Waals surface area contributed by atoms with Crippen molar-refractivity contribution in [3.8, 4) is 0 Å². The Morgan fingerprint density at radius 1 is 1.20 bits per heavy atom. The van der Waals surface area contributed by atoms with Gasteiger partial charge < -0.3 is 4.74 Å². The molecule has 1 aliphatic rings. The van der Waals surface area contributed by atoms with E-state index < -0.39 is 17.8 Å². The van der Waals surface area contributed by atoms with Gasteiger partial charge in [0.25, 0.3) is 5.91 Å². The third-order valence-electron chi connectivity index (χ3n) is 3.68. The molecule has 0 radical (unpaired) electrons. The third-order valence-corrected chi connectivity index (χ3v) is 4.12. The Morgan fingerprint density at radius 2 is 1.96 bits per heavy atom. The van der Waals surface area contributed by atoms with Gasteiger partial charge in [0.05, 0.1) is 30.5 Å². The molecule has 0 unspecified atom stereocenters. The number of carbonyl (C=O) groups is 3. The first-order valence-corrected chi connectivity index (χ1v) is 8.18. The van der Waals surface area contributed by atoms with Crippen molar-refractivity contribution < 1.29 is 19.1 Å². The van der Waals surface area contributed by atoms with Crippen LogP contribution in [-0.2, 0) is 14.3 Å². The zero-order valence-electron chi connectivity index (χ0n) is 13.2. The minimum atomic E-state index is -0.609. The van der Waals surface area contributed by atoms with Gasteiger partial charge in [-0.05, 0) is 46.3 Å². The lowest BCUT2D eigenvalue weighted by molar-refractivity contribution is -0.120. The second kappa shape index (κ2) is 6.98. The number of esters is 1. The van der Waals surface area contributed by atoms with E-state index in [1.807, 2.05) is 0 Å². The lowest BCUT2D eigenvalue weighted by Crippen LogP contribution is -2.30. The van der Waals surface area contributed by atoms with Gasteiger partial charge in [0.1, 0.15) is 4.60 Å². The molecule has 0 atom stereocenters. The van der Waals surface area contributed by atoms with Crippen LogP contribution < -0.4 is 4.90 Å². The quantitative estimate of drug-likeness (QED) is 0.342. The molecule has 3 rings (SSSR count). The van der Waals surface area contributed by atoms with Crippen LogP contribution in [0.3, 0.4) is 0 Å². The van der Waals surface area contributed by atoms with E-state index in [0.29, 0.717) is 15.9 Å². The normalized spacial score (nSPS) is 15.8. The number of anilines is 1. The van der Waals surface area contributed by atoms with Crippen molar-refractivity contribution in [1.29, 1.82) is 0 Å². The molecule has 1 aromatic carbocycles. The van der Waals surface area contributed by atoms with Gasteiger partial charge in [-0.3, -0.25) is 9.59 Å². The smallest absolute Gasteiger partial charge is 0.339 e. The Kier molecular flexibility index (Phi) is 4.76. The van der Waals surface area contributed by atoms with Crippen molar-refractivity contribution >= 4 is 45.5 Å². The number of imide groups is 1. The molecule has 2 aromatic rings. The highest BCUT2D eigenvalue weighted by Gasteiger charge is 2.37. The Hall–Kier alpha value is -2.80. The number of ether oxygens (including phenoxy) is 1. The summed E-state index contributed by atoms with van der Waals surface area (Å²) in [5.74, 6) is -1.48. The molecule has 0 spiro atoms. The minimum Gasteiger partial charge on any atom is -0.465 e. The summed E-state index contributed by atoms with van der Waals surface area (Å²) in [6, 6.07) is 11.6. The summed E-state index contributed by atoms with van der Waals surface area (Å²) in [5.41, 5.74) is 1.26. The predicted molar refractivity (Wildman–Crippen MR) is 94.8 cm³/mol. The van der Waals surface area contributed by atoms with Gasteiger partial charge in [0.2, 0.25) is 5.91 Å². The number of rotatable bonds is 3. The summed E-state index contributed by atoms with van der Waals surface area (Å²) in [6.45, 7) is 0. The van der Waals surface area contributed by atoms with Crippen LogP contribution in [0.5, 0.6) is 0 Å². The number of aromatic nitrogens is 1. The molecule has 0 bridgehead atoms. The highest BCUT2D eigenvalue weighted by Crippen LogP contribution is 2.30. The SMILES string of the molecule is COC(=O)c1ccccc1N1C(=O)C/C(=C\c2cccc(Br)n2)C1=O. The van der Waals surface area contributed by atoms with Crippen LogP contribution in [0.2, 0.25) is 0 Å². The first-order chi connectivity index (χ1) is 12.0. The molecular formula is C18H13BrN2O4. The van der Waals surface area contributed by atoms with Crippen LogP contribution in [0.4, 0.5) is 5.69 Å². The van der Waals surface area contributed by atoms with Crippen molar-refractivity contribution in [2.45, 2.75) is 6.42 Å². The van der Waals surface area contributed by atoms with E-state index in [-0.39, 0.29) is 17.7 Å². The van der Waals surface area contributed by atoms with E-state index >= 15 is 0 Å². The molecule has 2 amide bonds. The van der Waals surface area contributed by atoms with Crippen LogP contribution >= 0.6 is 15.9 Å². The van der Waals surface area contributed by atoms with Crippen LogP contribution in [-0.4, -0.2) is 29.9 Å². The Bertz CT molecular complexity index is 907. The number of nitrogens with zero attached hydrogens (tertiary/aromatic N) is 2. The molecule has 1 fully saturated rings. The number of carbonyl (C=O) groups excluding carboxylic acids is 3. The van der Waals surface area contributed by atoms with E-state index in [4.69, 9.17) is 4.74 Å². The molecule has 126 valence electrons. The van der Waals surface area contributed by atoms with Crippen molar-refractivity contribution in [3.05, 3.63) is 63.9 Å². The number of benzene rings is 1. The second-order valence-electron chi connectivity index (χ2n) is 5.27. The van der Waals surface area contributed by atoms with Crippen molar-refractivity contribution in [1.82, 2.24) is 4.98 Å². The highest BCUT2D eigenvalue weighted by molar-refractivity contribution is 9.10. The number of halogens is 1. The first-order valence-electron chi connectivity index (χ1n) is 7.39. The van der Waals surface area contributed by atoms with Gasteiger partial charge >= 0.3 is 5.97 Å². The van der Waals surface area contributed by atoms with Gasteiger partial charge in [-0.15, -0.1) is 0 Å². The molecule has 1 aliphatic heterocycles. The fourth-order valence-corrected chi connectivity index (χ4v) is 2.92. The molecule has 1 aromatic heterocycles. The Balaban J connectivity index is 1.99.